The highest BCUT2D eigenvalue weighted by Gasteiger charge is 2.21. The number of halogens is 1. The molecule has 9 heteroatoms. The van der Waals surface area contributed by atoms with Gasteiger partial charge in [0.25, 0.3) is 0 Å². The molecule has 1 atom stereocenters. The summed E-state index contributed by atoms with van der Waals surface area (Å²) in [6.45, 7) is 0.709. The van der Waals surface area contributed by atoms with E-state index in [1.165, 1.54) is 0 Å². The molecule has 3 aromatic rings. The van der Waals surface area contributed by atoms with Gasteiger partial charge in [-0.05, 0) is 66.3 Å². The van der Waals surface area contributed by atoms with Gasteiger partial charge in [0.15, 0.2) is 0 Å². The molecule has 38 heavy (non-hydrogen) atoms. The van der Waals surface area contributed by atoms with Crippen LogP contribution in [0.15, 0.2) is 73.1 Å². The van der Waals surface area contributed by atoms with Gasteiger partial charge < -0.3 is 20.5 Å². The average molecular weight is 538 g/mol. The minimum Gasteiger partial charge on any atom is -0.494 e. The number of rotatable bonds is 15. The first-order chi connectivity index (χ1) is 18.4. The lowest BCUT2D eigenvalue weighted by Gasteiger charge is -2.19. The maximum absolute atomic E-state index is 13.1. The van der Waals surface area contributed by atoms with E-state index in [2.05, 4.69) is 15.6 Å². The summed E-state index contributed by atoms with van der Waals surface area (Å²) in [5.74, 6) is -0.733. The van der Waals surface area contributed by atoms with Crippen molar-refractivity contribution in [3.05, 3.63) is 94.8 Å². The van der Waals surface area contributed by atoms with Gasteiger partial charge in [0, 0.05) is 43.2 Å². The molecule has 0 bridgehead atoms. The van der Waals surface area contributed by atoms with Crippen LogP contribution in [0.2, 0.25) is 5.02 Å². The summed E-state index contributed by atoms with van der Waals surface area (Å²) in [5, 5.41) is 15.2. The third kappa shape index (κ3) is 10.6. The Morgan fingerprint density at radius 1 is 0.947 bits per heavy atom. The monoisotopic (exact) mass is 537 g/mol. The average Bonchev–Trinajstić information content (AvgIpc) is 2.91. The van der Waals surface area contributed by atoms with Crippen molar-refractivity contribution >= 4 is 29.4 Å². The summed E-state index contributed by atoms with van der Waals surface area (Å²) >= 11 is 6.05. The number of nitrogens with one attached hydrogen (secondary N) is 2. The maximum atomic E-state index is 13.1. The molecule has 0 aliphatic rings. The zero-order valence-corrected chi connectivity index (χ0v) is 21.8. The fourth-order valence-electron chi connectivity index (χ4n) is 3.80. The number of carbonyl (C=O) groups excluding carboxylic acids is 2. The molecule has 8 nitrogen and oxygen atoms in total. The van der Waals surface area contributed by atoms with Gasteiger partial charge in [-0.15, -0.1) is 0 Å². The molecule has 2 amide bonds. The standard InChI is InChI=1S/C29H32ClN3O5/c30-24-6-1-4-21(18-24)14-16-32-29(37)26(33-27(34)13-10-23-5-2-15-31-20-23)19-22-8-11-25(12-9-22)38-17-3-7-28(35)36/h1-2,4-6,8-9,11-12,15,18,20,26H,3,7,10,13-14,16-17,19H2,(H,32,37)(H,33,34)(H,35,36). The largest absolute Gasteiger partial charge is 0.494 e. The highest BCUT2D eigenvalue weighted by atomic mass is 35.5. The van der Waals surface area contributed by atoms with E-state index in [9.17, 15) is 14.4 Å². The van der Waals surface area contributed by atoms with Gasteiger partial charge in [0.1, 0.15) is 11.8 Å². The van der Waals surface area contributed by atoms with Crippen LogP contribution in [0.1, 0.15) is 36.0 Å². The third-order valence-corrected chi connectivity index (χ3v) is 6.02. The minimum absolute atomic E-state index is 0.0483. The van der Waals surface area contributed by atoms with Gasteiger partial charge >= 0.3 is 5.97 Å². The topological polar surface area (TPSA) is 118 Å². The number of hydrogen-bond donors (Lipinski definition) is 3. The van der Waals surface area contributed by atoms with E-state index < -0.39 is 12.0 Å². The molecule has 0 fully saturated rings. The van der Waals surface area contributed by atoms with Gasteiger partial charge in [-0.2, -0.15) is 0 Å². The van der Waals surface area contributed by atoms with E-state index in [0.717, 1.165) is 16.7 Å². The smallest absolute Gasteiger partial charge is 0.303 e. The lowest BCUT2D eigenvalue weighted by atomic mass is 10.0. The van der Waals surface area contributed by atoms with Crippen molar-refractivity contribution in [3.8, 4) is 5.75 Å². The van der Waals surface area contributed by atoms with Crippen molar-refractivity contribution in [3.63, 3.8) is 0 Å². The van der Waals surface area contributed by atoms with Crippen LogP contribution in [0.4, 0.5) is 0 Å². The van der Waals surface area contributed by atoms with Crippen LogP contribution in [0.5, 0.6) is 5.75 Å². The van der Waals surface area contributed by atoms with Crippen LogP contribution in [0, 0.1) is 0 Å². The normalized spacial score (nSPS) is 11.4. The maximum Gasteiger partial charge on any atom is 0.303 e. The summed E-state index contributed by atoms with van der Waals surface area (Å²) in [7, 11) is 0. The minimum atomic E-state index is -0.858. The van der Waals surface area contributed by atoms with Crippen LogP contribution in [0.25, 0.3) is 0 Å². The van der Waals surface area contributed by atoms with Crippen molar-refractivity contribution in [2.75, 3.05) is 13.2 Å². The number of aromatic nitrogens is 1. The number of aryl methyl sites for hydroxylation is 1. The van der Waals surface area contributed by atoms with Crippen LogP contribution in [-0.4, -0.2) is 47.1 Å². The molecule has 0 aliphatic heterocycles. The predicted octanol–water partition coefficient (Wildman–Crippen LogP) is 4.00. The summed E-state index contributed by atoms with van der Waals surface area (Å²) < 4.78 is 5.58. The summed E-state index contributed by atoms with van der Waals surface area (Å²) in [4.78, 5) is 40.5. The predicted molar refractivity (Wildman–Crippen MR) is 145 cm³/mol. The van der Waals surface area contributed by atoms with Crippen LogP contribution in [-0.2, 0) is 33.6 Å². The molecule has 0 saturated heterocycles. The highest BCUT2D eigenvalue weighted by molar-refractivity contribution is 6.30. The Hall–Kier alpha value is -3.91. The SMILES string of the molecule is O=C(O)CCCOc1ccc(CC(NC(=O)CCc2cccnc2)C(=O)NCCc2cccc(Cl)c2)cc1. The molecular weight excluding hydrogens is 506 g/mol. The Morgan fingerprint density at radius 2 is 1.74 bits per heavy atom. The van der Waals surface area contributed by atoms with Gasteiger partial charge in [0.05, 0.1) is 6.61 Å². The third-order valence-electron chi connectivity index (χ3n) is 5.78. The van der Waals surface area contributed by atoms with E-state index in [1.54, 1.807) is 30.6 Å². The first kappa shape index (κ1) is 28.7. The number of hydrogen-bond acceptors (Lipinski definition) is 5. The van der Waals surface area contributed by atoms with Gasteiger partial charge in [-0.25, -0.2) is 0 Å². The number of carboxylic acid groups (broad SMARTS) is 1. The number of carboxylic acids is 1. The molecule has 0 spiro atoms. The summed E-state index contributed by atoms with van der Waals surface area (Å²) in [6, 6.07) is 17.7. The lowest BCUT2D eigenvalue weighted by Crippen LogP contribution is -2.48. The quantitative estimate of drug-likeness (QED) is 0.252. The number of ether oxygens (including phenoxy) is 1. The van der Waals surface area contributed by atoms with Crippen LogP contribution in [0.3, 0.4) is 0 Å². The van der Waals surface area contributed by atoms with Crippen molar-refractivity contribution in [2.24, 2.45) is 0 Å². The second kappa shape index (κ2) is 15.4. The Bertz CT molecular complexity index is 1190. The van der Waals surface area contributed by atoms with Crippen molar-refractivity contribution in [1.82, 2.24) is 15.6 Å². The molecule has 1 heterocycles. The lowest BCUT2D eigenvalue weighted by molar-refractivity contribution is -0.137. The summed E-state index contributed by atoms with van der Waals surface area (Å²) in [6.07, 6.45) is 5.55. The molecule has 1 aromatic heterocycles. The fraction of sp³-hybridized carbons (Fsp3) is 0.310. The molecule has 0 saturated carbocycles. The van der Waals surface area contributed by atoms with Crippen LogP contribution >= 0.6 is 11.6 Å². The van der Waals surface area contributed by atoms with Crippen molar-refractivity contribution in [2.45, 2.75) is 44.6 Å². The zero-order valence-electron chi connectivity index (χ0n) is 21.1. The number of pyridine rings is 1. The summed E-state index contributed by atoms with van der Waals surface area (Å²) in [5.41, 5.74) is 2.81. The Balaban J connectivity index is 1.58. The second-order valence-corrected chi connectivity index (χ2v) is 9.28. The van der Waals surface area contributed by atoms with Crippen LogP contribution < -0.4 is 15.4 Å². The molecule has 0 aliphatic carbocycles. The van der Waals surface area contributed by atoms with Gasteiger partial charge in [0.2, 0.25) is 11.8 Å². The Labute approximate surface area is 227 Å². The first-order valence-electron chi connectivity index (χ1n) is 12.5. The number of nitrogens with zero attached hydrogens (tertiary/aromatic N) is 1. The molecule has 2 aromatic carbocycles. The number of carbonyl (C=O) groups is 3. The van der Waals surface area contributed by atoms with E-state index >= 15 is 0 Å². The van der Waals surface area contributed by atoms with E-state index in [-0.39, 0.29) is 24.7 Å². The first-order valence-corrected chi connectivity index (χ1v) is 12.9. The van der Waals surface area contributed by atoms with E-state index in [0.29, 0.717) is 49.6 Å². The molecule has 3 rings (SSSR count). The zero-order chi connectivity index (χ0) is 27.2. The Morgan fingerprint density at radius 3 is 2.45 bits per heavy atom. The van der Waals surface area contributed by atoms with Crippen molar-refractivity contribution < 1.29 is 24.2 Å². The van der Waals surface area contributed by atoms with Gasteiger partial charge in [-0.1, -0.05) is 41.9 Å². The highest BCUT2D eigenvalue weighted by Crippen LogP contribution is 2.15. The fourth-order valence-corrected chi connectivity index (χ4v) is 4.01. The molecule has 1 unspecified atom stereocenters. The van der Waals surface area contributed by atoms with E-state index in [4.69, 9.17) is 21.4 Å². The molecular formula is C29H32ClN3O5. The van der Waals surface area contributed by atoms with Gasteiger partial charge in [-0.3, -0.25) is 19.4 Å². The number of amides is 2. The molecule has 200 valence electrons. The van der Waals surface area contributed by atoms with E-state index in [1.807, 2.05) is 42.5 Å². The number of aliphatic carboxylic acids is 1. The second-order valence-electron chi connectivity index (χ2n) is 8.85. The molecule has 3 N–H and O–H groups in total. The van der Waals surface area contributed by atoms with Crippen molar-refractivity contribution in [1.29, 1.82) is 0 Å². The molecule has 0 radical (unpaired) electrons. The number of benzene rings is 2. The Kier molecular flexibility index (Phi) is 11.6.